The maximum absolute atomic E-state index is 9.19. The second-order valence-electron chi connectivity index (χ2n) is 2.12. The van der Waals surface area contributed by atoms with Gasteiger partial charge in [-0.3, -0.25) is 0 Å². The van der Waals surface area contributed by atoms with Crippen LogP contribution in [0.2, 0.25) is 0 Å². The highest BCUT2D eigenvalue weighted by atomic mass is 24.3. The molecule has 0 aliphatic carbocycles. The van der Waals surface area contributed by atoms with Crippen molar-refractivity contribution in [3.63, 3.8) is 0 Å². The Kier molecular flexibility index (Phi) is 4.99. The molecule has 1 nitrogen and oxygen atoms in total. The largest absolute Gasteiger partial charge is 0.508 e. The first-order valence-corrected chi connectivity index (χ1v) is 3.22. The first-order chi connectivity index (χ1) is 4.84. The minimum Gasteiger partial charge on any atom is -0.508 e. The molecule has 0 heterocycles. The average molecular weight is 160 g/mol. The molecular formula is C9H12MgO. The Bertz CT molecular complexity index is 233. The van der Waals surface area contributed by atoms with E-state index in [1.807, 2.05) is 18.2 Å². The van der Waals surface area contributed by atoms with Gasteiger partial charge in [-0.2, -0.15) is 0 Å². The minimum atomic E-state index is 0. The quantitative estimate of drug-likeness (QED) is 0.509. The third-order valence-electron chi connectivity index (χ3n) is 1.36. The van der Waals surface area contributed by atoms with Gasteiger partial charge >= 0.3 is 23.1 Å². The van der Waals surface area contributed by atoms with Gasteiger partial charge in [-0.25, -0.2) is 0 Å². The van der Waals surface area contributed by atoms with E-state index in [2.05, 4.69) is 6.58 Å². The topological polar surface area (TPSA) is 20.2 Å². The average Bonchev–Trinajstić information content (AvgIpc) is 1.94. The number of benzene rings is 1. The van der Waals surface area contributed by atoms with Crippen LogP contribution in [0.5, 0.6) is 5.75 Å². The number of rotatable bonds is 2. The predicted octanol–water partition coefficient (Wildman–Crippen LogP) is 1.20. The number of hydrogen-bond donors (Lipinski definition) is 1. The van der Waals surface area contributed by atoms with E-state index in [9.17, 15) is 5.11 Å². The zero-order valence-electron chi connectivity index (χ0n) is 5.75. The van der Waals surface area contributed by atoms with Crippen LogP contribution in [0.1, 0.15) is 5.56 Å². The number of para-hydroxylation sites is 1. The van der Waals surface area contributed by atoms with E-state index < -0.39 is 0 Å². The number of allylic oxidation sites excluding steroid dienone is 1. The van der Waals surface area contributed by atoms with Gasteiger partial charge in [-0.05, 0) is 18.1 Å². The molecule has 0 unspecified atom stereocenters. The fourth-order valence-electron chi connectivity index (χ4n) is 0.839. The third kappa shape index (κ3) is 2.95. The molecule has 0 amide bonds. The Balaban J connectivity index is 0.000001000. The van der Waals surface area contributed by atoms with Crippen LogP contribution in [0.15, 0.2) is 36.9 Å². The van der Waals surface area contributed by atoms with Gasteiger partial charge in [0.15, 0.2) is 0 Å². The molecule has 0 aliphatic rings. The summed E-state index contributed by atoms with van der Waals surface area (Å²) in [6.45, 7) is 3.59. The molecule has 56 valence electrons. The maximum atomic E-state index is 9.19. The highest BCUT2D eigenvalue weighted by Gasteiger charge is 1.93. The van der Waals surface area contributed by atoms with Gasteiger partial charge in [-0.1, -0.05) is 24.3 Å². The smallest absolute Gasteiger partial charge is 0.316 e. The summed E-state index contributed by atoms with van der Waals surface area (Å²) < 4.78 is 0. The second-order valence-corrected chi connectivity index (χ2v) is 2.12. The van der Waals surface area contributed by atoms with Crippen LogP contribution in [-0.2, 0) is 6.42 Å². The van der Waals surface area contributed by atoms with E-state index in [1.165, 1.54) is 0 Å². The molecule has 0 fully saturated rings. The summed E-state index contributed by atoms with van der Waals surface area (Å²) in [4.78, 5) is 0. The molecule has 2 heteroatoms. The molecular weight excluding hydrogens is 148 g/mol. The van der Waals surface area contributed by atoms with Crippen molar-refractivity contribution >= 4 is 23.1 Å². The van der Waals surface area contributed by atoms with Crippen molar-refractivity contribution in [2.45, 2.75) is 6.42 Å². The lowest BCUT2D eigenvalue weighted by Gasteiger charge is -1.97. The third-order valence-corrected chi connectivity index (χ3v) is 1.36. The van der Waals surface area contributed by atoms with E-state index in [-0.39, 0.29) is 23.1 Å². The molecule has 1 rings (SSSR count). The monoisotopic (exact) mass is 160 g/mol. The molecule has 0 saturated heterocycles. The summed E-state index contributed by atoms with van der Waals surface area (Å²) in [5.41, 5.74) is 0.928. The molecule has 1 aromatic carbocycles. The SMILES string of the molecule is C=CCc1ccccc1O.[MgH2]. The highest BCUT2D eigenvalue weighted by molar-refractivity contribution is 5.75. The van der Waals surface area contributed by atoms with Crippen molar-refractivity contribution in [2.24, 2.45) is 0 Å². The maximum Gasteiger partial charge on any atom is 0.316 e. The van der Waals surface area contributed by atoms with Gasteiger partial charge < -0.3 is 5.11 Å². The Hall–Kier alpha value is -0.474. The Labute approximate surface area is 82.9 Å². The lowest BCUT2D eigenvalue weighted by molar-refractivity contribution is 0.470. The molecule has 0 bridgehead atoms. The minimum absolute atomic E-state index is 0. The first-order valence-electron chi connectivity index (χ1n) is 3.22. The fraction of sp³-hybridized carbons (Fsp3) is 0.111. The van der Waals surface area contributed by atoms with E-state index in [4.69, 9.17) is 0 Å². The summed E-state index contributed by atoms with van der Waals surface area (Å²) in [7, 11) is 0. The summed E-state index contributed by atoms with van der Waals surface area (Å²) in [6, 6.07) is 7.27. The Morgan fingerprint density at radius 2 is 2.00 bits per heavy atom. The summed E-state index contributed by atoms with van der Waals surface area (Å²) in [5, 5.41) is 9.19. The summed E-state index contributed by atoms with van der Waals surface area (Å²) in [5.74, 6) is 0.349. The lowest BCUT2D eigenvalue weighted by atomic mass is 10.1. The van der Waals surface area contributed by atoms with Crippen molar-refractivity contribution < 1.29 is 5.11 Å². The lowest BCUT2D eigenvalue weighted by Crippen LogP contribution is -1.79. The van der Waals surface area contributed by atoms with E-state index in [0.29, 0.717) is 5.75 Å². The molecule has 0 radical (unpaired) electrons. The van der Waals surface area contributed by atoms with Gasteiger partial charge in [0, 0.05) is 0 Å². The summed E-state index contributed by atoms with van der Waals surface area (Å²) >= 11 is 0. The van der Waals surface area contributed by atoms with Gasteiger partial charge in [-0.15, -0.1) is 6.58 Å². The second kappa shape index (κ2) is 5.21. The van der Waals surface area contributed by atoms with Crippen LogP contribution in [0.4, 0.5) is 0 Å². The van der Waals surface area contributed by atoms with Crippen molar-refractivity contribution in [1.82, 2.24) is 0 Å². The first kappa shape index (κ1) is 10.5. The van der Waals surface area contributed by atoms with Crippen molar-refractivity contribution in [1.29, 1.82) is 0 Å². The number of phenols is 1. The van der Waals surface area contributed by atoms with Gasteiger partial charge in [0.2, 0.25) is 0 Å². The standard InChI is InChI=1S/C9H10O.Mg.2H/c1-2-5-8-6-3-4-7-9(8)10;;;/h2-4,6-7,10H,1,5H2;;;. The number of aromatic hydroxyl groups is 1. The normalized spacial score (nSPS) is 8.36. The molecule has 0 atom stereocenters. The van der Waals surface area contributed by atoms with Crippen molar-refractivity contribution in [3.05, 3.63) is 42.5 Å². The van der Waals surface area contributed by atoms with E-state index >= 15 is 0 Å². The zero-order chi connectivity index (χ0) is 7.40. The molecule has 0 spiro atoms. The van der Waals surface area contributed by atoms with Crippen LogP contribution in [-0.4, -0.2) is 28.2 Å². The van der Waals surface area contributed by atoms with Crippen LogP contribution in [0, 0.1) is 0 Å². The van der Waals surface area contributed by atoms with E-state index in [0.717, 1.165) is 12.0 Å². The van der Waals surface area contributed by atoms with Crippen LogP contribution < -0.4 is 0 Å². The fourth-order valence-corrected chi connectivity index (χ4v) is 0.839. The molecule has 1 aromatic rings. The van der Waals surface area contributed by atoms with E-state index in [1.54, 1.807) is 12.1 Å². The Morgan fingerprint density at radius 3 is 2.55 bits per heavy atom. The molecule has 0 saturated carbocycles. The van der Waals surface area contributed by atoms with Crippen molar-refractivity contribution in [2.75, 3.05) is 0 Å². The number of hydrogen-bond acceptors (Lipinski definition) is 1. The summed E-state index contributed by atoms with van der Waals surface area (Å²) in [6.07, 6.45) is 2.50. The Morgan fingerprint density at radius 1 is 1.36 bits per heavy atom. The molecule has 0 aromatic heterocycles. The number of phenolic OH excluding ortho intramolecular Hbond substituents is 1. The van der Waals surface area contributed by atoms with Crippen LogP contribution in [0.25, 0.3) is 0 Å². The predicted molar refractivity (Wildman–Crippen MR) is 50.6 cm³/mol. The van der Waals surface area contributed by atoms with Crippen LogP contribution in [0.3, 0.4) is 0 Å². The van der Waals surface area contributed by atoms with Crippen molar-refractivity contribution in [3.8, 4) is 5.75 Å². The molecule has 11 heavy (non-hydrogen) atoms. The van der Waals surface area contributed by atoms with Crippen LogP contribution >= 0.6 is 0 Å². The molecule has 0 aliphatic heterocycles. The van der Waals surface area contributed by atoms with Gasteiger partial charge in [0.25, 0.3) is 0 Å². The molecule has 1 N–H and O–H groups in total. The van der Waals surface area contributed by atoms with Gasteiger partial charge in [0.1, 0.15) is 5.75 Å². The highest BCUT2D eigenvalue weighted by Crippen LogP contribution is 2.15. The van der Waals surface area contributed by atoms with Gasteiger partial charge in [0.05, 0.1) is 0 Å². The zero-order valence-corrected chi connectivity index (χ0v) is 5.75.